The lowest BCUT2D eigenvalue weighted by molar-refractivity contribution is 0.250. The lowest BCUT2D eigenvalue weighted by atomic mass is 9.64. The molecule has 1 aliphatic rings. The summed E-state index contributed by atoms with van der Waals surface area (Å²) in [5.74, 6) is 0.905. The lowest BCUT2D eigenvalue weighted by Gasteiger charge is -2.43. The first-order valence-corrected chi connectivity index (χ1v) is 8.04. The molecule has 0 bridgehead atoms. The van der Waals surface area contributed by atoms with Crippen molar-refractivity contribution in [1.29, 1.82) is 0 Å². The summed E-state index contributed by atoms with van der Waals surface area (Å²) in [6, 6.07) is 8.11. The average Bonchev–Trinajstić information content (AvgIpc) is 2.54. The Morgan fingerprint density at radius 1 is 1.39 bits per heavy atom. The minimum atomic E-state index is -0.295. The van der Waals surface area contributed by atoms with Gasteiger partial charge in [-0.3, -0.25) is 4.79 Å². The number of para-hydroxylation sites is 1. The maximum absolute atomic E-state index is 11.9. The molecule has 0 saturated heterocycles. The summed E-state index contributed by atoms with van der Waals surface area (Å²) in [5.41, 5.74) is 1.50. The molecule has 6 heteroatoms. The van der Waals surface area contributed by atoms with Crippen LogP contribution in [0.1, 0.15) is 24.8 Å². The van der Waals surface area contributed by atoms with Crippen LogP contribution < -0.4 is 15.6 Å². The number of aryl methyl sites for hydroxylation is 1. The second-order valence-electron chi connectivity index (χ2n) is 5.99. The summed E-state index contributed by atoms with van der Waals surface area (Å²) in [4.78, 5) is 11.9. The number of ether oxygens (including phenoxy) is 1. The quantitative estimate of drug-likeness (QED) is 0.914. The fraction of sp³-hybridized carbons (Fsp3) is 0.412. The number of rotatable bonds is 5. The smallest absolute Gasteiger partial charge is 0.287 e. The van der Waals surface area contributed by atoms with Crippen LogP contribution in [0.4, 0.5) is 5.69 Å². The molecule has 1 fully saturated rings. The van der Waals surface area contributed by atoms with Gasteiger partial charge in [0.1, 0.15) is 10.8 Å². The predicted octanol–water partition coefficient (Wildman–Crippen LogP) is 2.98. The van der Waals surface area contributed by atoms with E-state index in [4.69, 9.17) is 16.3 Å². The van der Waals surface area contributed by atoms with Crippen molar-refractivity contribution in [1.82, 2.24) is 9.78 Å². The minimum absolute atomic E-state index is 0.0109. The summed E-state index contributed by atoms with van der Waals surface area (Å²) >= 11 is 6.13. The van der Waals surface area contributed by atoms with Gasteiger partial charge in [-0.2, -0.15) is 5.10 Å². The fourth-order valence-corrected chi connectivity index (χ4v) is 3.36. The second kappa shape index (κ2) is 6.24. The zero-order chi connectivity index (χ0) is 16.4. The van der Waals surface area contributed by atoms with Crippen molar-refractivity contribution in [2.75, 3.05) is 19.0 Å². The minimum Gasteiger partial charge on any atom is -0.496 e. The molecule has 2 aromatic rings. The Morgan fingerprint density at radius 2 is 2.13 bits per heavy atom. The van der Waals surface area contributed by atoms with Crippen molar-refractivity contribution >= 4 is 17.3 Å². The number of nitrogens with one attached hydrogen (secondary N) is 1. The van der Waals surface area contributed by atoms with Gasteiger partial charge in [0.05, 0.1) is 19.0 Å². The Hall–Kier alpha value is -2.01. The summed E-state index contributed by atoms with van der Waals surface area (Å²) in [7, 11) is 3.28. The highest BCUT2D eigenvalue weighted by molar-refractivity contribution is 6.32. The summed E-state index contributed by atoms with van der Waals surface area (Å²) in [5, 5.41) is 7.51. The van der Waals surface area contributed by atoms with Gasteiger partial charge in [-0.1, -0.05) is 36.2 Å². The Balaban J connectivity index is 1.86. The van der Waals surface area contributed by atoms with E-state index in [2.05, 4.69) is 16.5 Å². The van der Waals surface area contributed by atoms with E-state index in [1.54, 1.807) is 20.4 Å². The molecule has 5 nitrogen and oxygen atoms in total. The monoisotopic (exact) mass is 333 g/mol. The molecule has 1 aliphatic carbocycles. The molecule has 1 heterocycles. The van der Waals surface area contributed by atoms with E-state index in [0.29, 0.717) is 12.2 Å². The van der Waals surface area contributed by atoms with E-state index in [0.717, 1.165) is 18.6 Å². The van der Waals surface area contributed by atoms with E-state index in [-0.39, 0.29) is 16.0 Å². The van der Waals surface area contributed by atoms with Crippen LogP contribution in [0.15, 0.2) is 35.3 Å². The third-order valence-corrected chi connectivity index (χ3v) is 5.05. The number of nitrogens with zero attached hydrogens (tertiary/aromatic N) is 2. The molecule has 23 heavy (non-hydrogen) atoms. The first-order valence-electron chi connectivity index (χ1n) is 7.66. The highest BCUT2D eigenvalue weighted by Gasteiger charge is 2.40. The largest absolute Gasteiger partial charge is 0.496 e. The molecule has 0 radical (unpaired) electrons. The number of aromatic nitrogens is 2. The third-order valence-electron chi connectivity index (χ3n) is 4.68. The first kappa shape index (κ1) is 15.9. The van der Waals surface area contributed by atoms with Crippen LogP contribution in [0.25, 0.3) is 0 Å². The molecule has 1 N–H and O–H groups in total. The number of methoxy groups -OCH3 is 1. The maximum Gasteiger partial charge on any atom is 0.287 e. The average molecular weight is 334 g/mol. The second-order valence-corrected chi connectivity index (χ2v) is 6.37. The molecule has 0 unspecified atom stereocenters. The van der Waals surface area contributed by atoms with Crippen LogP contribution in [-0.2, 0) is 12.5 Å². The van der Waals surface area contributed by atoms with Crippen molar-refractivity contribution in [3.63, 3.8) is 0 Å². The molecule has 0 atom stereocenters. The Kier molecular flexibility index (Phi) is 4.31. The maximum atomic E-state index is 11.9. The fourth-order valence-electron chi connectivity index (χ4n) is 3.13. The van der Waals surface area contributed by atoms with Crippen molar-refractivity contribution in [2.24, 2.45) is 7.05 Å². The van der Waals surface area contributed by atoms with Crippen molar-refractivity contribution in [2.45, 2.75) is 24.7 Å². The number of hydrogen-bond acceptors (Lipinski definition) is 4. The molecule has 0 amide bonds. The summed E-state index contributed by atoms with van der Waals surface area (Å²) in [6.07, 6.45) is 4.94. The summed E-state index contributed by atoms with van der Waals surface area (Å²) in [6.45, 7) is 0.696. The molecule has 1 aromatic heterocycles. The van der Waals surface area contributed by atoms with Crippen LogP contribution in [0.2, 0.25) is 5.02 Å². The number of anilines is 1. The highest BCUT2D eigenvalue weighted by Crippen LogP contribution is 2.47. The molecule has 0 aliphatic heterocycles. The van der Waals surface area contributed by atoms with Gasteiger partial charge in [0.25, 0.3) is 5.56 Å². The van der Waals surface area contributed by atoms with E-state index in [9.17, 15) is 4.79 Å². The van der Waals surface area contributed by atoms with Crippen LogP contribution in [0, 0.1) is 0 Å². The van der Waals surface area contributed by atoms with Gasteiger partial charge in [0, 0.05) is 24.6 Å². The topological polar surface area (TPSA) is 56.1 Å². The SMILES string of the molecule is COc1ccccc1C1(CNc2cnn(C)c(=O)c2Cl)CCC1. The van der Waals surface area contributed by atoms with Gasteiger partial charge in [-0.05, 0) is 18.9 Å². The highest BCUT2D eigenvalue weighted by atomic mass is 35.5. The van der Waals surface area contributed by atoms with Crippen LogP contribution in [-0.4, -0.2) is 23.4 Å². The molecule has 0 spiro atoms. The molecule has 1 aromatic carbocycles. The molecular weight excluding hydrogens is 314 g/mol. The Bertz CT molecular complexity index is 769. The Labute approximate surface area is 140 Å². The van der Waals surface area contributed by atoms with Crippen LogP contribution >= 0.6 is 11.6 Å². The van der Waals surface area contributed by atoms with Crippen LogP contribution in [0.5, 0.6) is 5.75 Å². The molecule has 3 rings (SSSR count). The predicted molar refractivity (Wildman–Crippen MR) is 91.5 cm³/mol. The van der Waals surface area contributed by atoms with E-state index in [1.165, 1.54) is 16.7 Å². The Morgan fingerprint density at radius 3 is 2.78 bits per heavy atom. The third kappa shape index (κ3) is 2.81. The van der Waals surface area contributed by atoms with Crippen molar-refractivity contribution in [3.05, 3.63) is 51.4 Å². The molecular formula is C17H20ClN3O2. The van der Waals surface area contributed by atoms with E-state index < -0.39 is 0 Å². The molecule has 122 valence electrons. The zero-order valence-corrected chi connectivity index (χ0v) is 14.1. The van der Waals surface area contributed by atoms with Gasteiger partial charge < -0.3 is 10.1 Å². The van der Waals surface area contributed by atoms with Gasteiger partial charge in [0.15, 0.2) is 0 Å². The normalized spacial score (nSPS) is 15.8. The van der Waals surface area contributed by atoms with Gasteiger partial charge in [0.2, 0.25) is 0 Å². The zero-order valence-electron chi connectivity index (χ0n) is 13.3. The first-order chi connectivity index (χ1) is 11.1. The van der Waals surface area contributed by atoms with Gasteiger partial charge >= 0.3 is 0 Å². The standard InChI is InChI=1S/C17H20ClN3O2/c1-21-16(22)15(18)13(10-20-21)19-11-17(8-5-9-17)12-6-3-4-7-14(12)23-2/h3-4,6-7,10,19H,5,8-9,11H2,1-2H3. The molecule has 1 saturated carbocycles. The van der Waals surface area contributed by atoms with Gasteiger partial charge in [-0.15, -0.1) is 0 Å². The van der Waals surface area contributed by atoms with Crippen LogP contribution in [0.3, 0.4) is 0 Å². The van der Waals surface area contributed by atoms with E-state index in [1.807, 2.05) is 18.2 Å². The van der Waals surface area contributed by atoms with Gasteiger partial charge in [-0.25, -0.2) is 4.68 Å². The van der Waals surface area contributed by atoms with Crippen molar-refractivity contribution < 1.29 is 4.74 Å². The van der Waals surface area contributed by atoms with Crippen molar-refractivity contribution in [3.8, 4) is 5.75 Å². The lowest BCUT2D eigenvalue weighted by Crippen LogP contribution is -2.41. The number of benzene rings is 1. The number of hydrogen-bond donors (Lipinski definition) is 1. The number of halogens is 1. The summed E-state index contributed by atoms with van der Waals surface area (Å²) < 4.78 is 6.75. The van der Waals surface area contributed by atoms with E-state index >= 15 is 0 Å².